The first-order valence-electron chi connectivity index (χ1n) is 3.09. The minimum absolute atomic E-state index is 0. The molecule has 0 aliphatic carbocycles. The van der Waals surface area contributed by atoms with E-state index in [0.29, 0.717) is 12.0 Å². The monoisotopic (exact) mass is 170 g/mol. The number of rotatable bonds is 3. The second kappa shape index (κ2) is 5.84. The van der Waals surface area contributed by atoms with Crippen LogP contribution in [0, 0.1) is 0 Å². The van der Waals surface area contributed by atoms with E-state index in [9.17, 15) is 13.0 Å². The third kappa shape index (κ3) is 10.2. The van der Waals surface area contributed by atoms with Crippen molar-refractivity contribution in [3.8, 4) is 0 Å². The first kappa shape index (κ1) is 13.8. The minimum atomic E-state index is -4.16. The summed E-state index contributed by atoms with van der Waals surface area (Å²) in [6.45, 7) is 3.56. The Morgan fingerprint density at radius 3 is 2.27 bits per heavy atom. The molecule has 0 N–H and O–H groups in total. The van der Waals surface area contributed by atoms with E-state index in [-0.39, 0.29) is 18.9 Å². The topological polar surface area (TPSA) is 57.2 Å². The fraction of sp³-hybridized carbons (Fsp3) is 0.667. The average molecular weight is 170 g/mol. The molecular weight excluding hydrogens is 159 g/mol. The molecule has 0 aliphatic heterocycles. The van der Waals surface area contributed by atoms with Gasteiger partial charge in [0.25, 0.3) is 0 Å². The average Bonchev–Trinajstić information content (AvgIpc) is 1.59. The Kier molecular flexibility index (Phi) is 7.34. The standard InChI is InChI=1S/C6H12O3S.Li/c1-3-4-6(2)5-10(7,8)9;/h5H,3-4H2,1-2H3,(H,7,8,9);/q;+1/p-1. The van der Waals surface area contributed by atoms with E-state index >= 15 is 0 Å². The maximum Gasteiger partial charge on any atom is 1.00 e. The summed E-state index contributed by atoms with van der Waals surface area (Å²) < 4.78 is 30.3. The van der Waals surface area contributed by atoms with Crippen molar-refractivity contribution in [1.82, 2.24) is 0 Å². The molecule has 0 heterocycles. The van der Waals surface area contributed by atoms with Gasteiger partial charge in [0.15, 0.2) is 0 Å². The number of allylic oxidation sites excluding steroid dienone is 1. The maximum absolute atomic E-state index is 10.1. The first-order valence-corrected chi connectivity index (χ1v) is 4.56. The van der Waals surface area contributed by atoms with Crippen molar-refractivity contribution in [3.63, 3.8) is 0 Å². The van der Waals surface area contributed by atoms with Crippen LogP contribution in [-0.4, -0.2) is 13.0 Å². The molecule has 0 fully saturated rings. The molecule has 0 spiro atoms. The van der Waals surface area contributed by atoms with Gasteiger partial charge in [-0.2, -0.15) is 0 Å². The second-order valence-corrected chi connectivity index (χ2v) is 3.43. The summed E-state index contributed by atoms with van der Waals surface area (Å²) in [7, 11) is -4.16. The van der Waals surface area contributed by atoms with E-state index in [2.05, 4.69) is 0 Å². The van der Waals surface area contributed by atoms with Crippen LogP contribution in [0.5, 0.6) is 0 Å². The van der Waals surface area contributed by atoms with Crippen LogP contribution < -0.4 is 18.9 Å². The van der Waals surface area contributed by atoms with Crippen LogP contribution in [-0.2, 0) is 10.1 Å². The Balaban J connectivity index is 0. The van der Waals surface area contributed by atoms with Gasteiger partial charge in [0, 0.05) is 5.41 Å². The van der Waals surface area contributed by atoms with Crippen molar-refractivity contribution >= 4 is 10.1 Å². The zero-order valence-electron chi connectivity index (χ0n) is 7.12. The van der Waals surface area contributed by atoms with Gasteiger partial charge in [-0.15, -0.1) is 0 Å². The summed E-state index contributed by atoms with van der Waals surface area (Å²) in [4.78, 5) is 0. The van der Waals surface area contributed by atoms with Crippen molar-refractivity contribution in [2.75, 3.05) is 0 Å². The molecule has 11 heavy (non-hydrogen) atoms. The van der Waals surface area contributed by atoms with Gasteiger partial charge >= 0.3 is 18.9 Å². The molecular formula is C6H11LiO3S. The SMILES string of the molecule is CCCC(C)=CS(=O)(=O)[O-].[Li+]. The van der Waals surface area contributed by atoms with Crippen LogP contribution in [0.15, 0.2) is 11.0 Å². The Bertz CT molecular complexity index is 218. The first-order chi connectivity index (χ1) is 4.45. The molecule has 0 atom stereocenters. The molecule has 0 bridgehead atoms. The molecule has 0 aromatic carbocycles. The largest absolute Gasteiger partial charge is 1.00 e. The fourth-order valence-corrected chi connectivity index (χ4v) is 1.31. The van der Waals surface area contributed by atoms with Gasteiger partial charge in [-0.1, -0.05) is 18.9 Å². The molecule has 0 saturated heterocycles. The Hall–Kier alpha value is 0.247. The quantitative estimate of drug-likeness (QED) is 0.372. The van der Waals surface area contributed by atoms with Gasteiger partial charge in [0.2, 0.25) is 0 Å². The third-order valence-corrected chi connectivity index (χ3v) is 1.68. The van der Waals surface area contributed by atoms with Gasteiger partial charge in [-0.25, -0.2) is 8.42 Å². The normalized spacial score (nSPS) is 12.5. The van der Waals surface area contributed by atoms with E-state index in [4.69, 9.17) is 0 Å². The molecule has 0 aliphatic rings. The predicted molar refractivity (Wildman–Crippen MR) is 38.4 cm³/mol. The Morgan fingerprint density at radius 2 is 2.00 bits per heavy atom. The Morgan fingerprint density at radius 1 is 1.55 bits per heavy atom. The molecule has 0 amide bonds. The van der Waals surface area contributed by atoms with Crippen LogP contribution in [0.3, 0.4) is 0 Å². The van der Waals surface area contributed by atoms with Crippen molar-refractivity contribution in [2.24, 2.45) is 0 Å². The van der Waals surface area contributed by atoms with Gasteiger partial charge < -0.3 is 4.55 Å². The molecule has 0 rings (SSSR count). The molecule has 0 aromatic rings. The molecule has 0 unspecified atom stereocenters. The molecule has 0 radical (unpaired) electrons. The van der Waals surface area contributed by atoms with Gasteiger partial charge in [-0.05, 0) is 13.3 Å². The van der Waals surface area contributed by atoms with Crippen molar-refractivity contribution in [2.45, 2.75) is 26.7 Å². The maximum atomic E-state index is 10.1. The summed E-state index contributed by atoms with van der Waals surface area (Å²) in [5, 5.41) is 0.774. The fourth-order valence-electron chi connectivity index (χ4n) is 0.700. The second-order valence-electron chi connectivity index (χ2n) is 2.21. The van der Waals surface area contributed by atoms with Crippen molar-refractivity contribution < 1.29 is 31.8 Å². The van der Waals surface area contributed by atoms with Crippen molar-refractivity contribution in [1.29, 1.82) is 0 Å². The van der Waals surface area contributed by atoms with Crippen LogP contribution in [0.2, 0.25) is 0 Å². The van der Waals surface area contributed by atoms with Gasteiger partial charge in [-0.3, -0.25) is 0 Å². The molecule has 0 aromatic heterocycles. The third-order valence-electron chi connectivity index (χ3n) is 0.990. The smallest absolute Gasteiger partial charge is 0.744 e. The number of hydrogen-bond donors (Lipinski definition) is 0. The summed E-state index contributed by atoms with van der Waals surface area (Å²) in [6, 6.07) is 0. The summed E-state index contributed by atoms with van der Waals surface area (Å²) in [5.41, 5.74) is 0.623. The predicted octanol–water partition coefficient (Wildman–Crippen LogP) is -1.76. The minimum Gasteiger partial charge on any atom is -0.744 e. The van der Waals surface area contributed by atoms with E-state index in [1.807, 2.05) is 6.92 Å². The van der Waals surface area contributed by atoms with E-state index in [1.165, 1.54) is 0 Å². The van der Waals surface area contributed by atoms with Crippen LogP contribution >= 0.6 is 0 Å². The van der Waals surface area contributed by atoms with E-state index in [0.717, 1.165) is 11.8 Å². The summed E-state index contributed by atoms with van der Waals surface area (Å²) in [6.07, 6.45) is 1.53. The molecule has 5 heteroatoms. The zero-order valence-corrected chi connectivity index (χ0v) is 7.94. The van der Waals surface area contributed by atoms with Crippen LogP contribution in [0.4, 0.5) is 0 Å². The van der Waals surface area contributed by atoms with Gasteiger partial charge in [0.1, 0.15) is 10.1 Å². The molecule has 60 valence electrons. The van der Waals surface area contributed by atoms with Crippen LogP contribution in [0.1, 0.15) is 26.7 Å². The summed E-state index contributed by atoms with van der Waals surface area (Å²) >= 11 is 0. The van der Waals surface area contributed by atoms with Gasteiger partial charge in [0.05, 0.1) is 0 Å². The van der Waals surface area contributed by atoms with E-state index < -0.39 is 10.1 Å². The molecule has 3 nitrogen and oxygen atoms in total. The Labute approximate surface area is 79.8 Å². The van der Waals surface area contributed by atoms with Crippen molar-refractivity contribution in [3.05, 3.63) is 11.0 Å². The van der Waals surface area contributed by atoms with Crippen LogP contribution in [0.25, 0.3) is 0 Å². The zero-order chi connectivity index (χ0) is 8.20. The molecule has 0 saturated carbocycles. The summed E-state index contributed by atoms with van der Waals surface area (Å²) in [5.74, 6) is 0. The number of hydrogen-bond acceptors (Lipinski definition) is 3. The van der Waals surface area contributed by atoms with E-state index in [1.54, 1.807) is 6.92 Å².